The van der Waals surface area contributed by atoms with E-state index in [1.165, 1.54) is 6.07 Å². The average Bonchev–Trinajstić information content (AvgIpc) is 2.72. The monoisotopic (exact) mass is 261 g/mol. The summed E-state index contributed by atoms with van der Waals surface area (Å²) in [5.41, 5.74) is -0.942. The van der Waals surface area contributed by atoms with Crippen LogP contribution in [0.5, 0.6) is 11.5 Å². The summed E-state index contributed by atoms with van der Waals surface area (Å²) >= 11 is 0. The Bertz CT molecular complexity index is 889. The van der Waals surface area contributed by atoms with E-state index < -0.39 is 17.1 Å². The highest BCUT2D eigenvalue weighted by Crippen LogP contribution is 2.44. The highest BCUT2D eigenvalue weighted by molar-refractivity contribution is 6.08. The van der Waals surface area contributed by atoms with E-state index in [0.717, 1.165) is 6.07 Å². The summed E-state index contributed by atoms with van der Waals surface area (Å²) in [4.78, 5) is 22.4. The van der Waals surface area contributed by atoms with Gasteiger partial charge in [0, 0.05) is 11.5 Å². The molecule has 0 fully saturated rings. The second-order valence-corrected chi connectivity index (χ2v) is 4.05. The summed E-state index contributed by atoms with van der Waals surface area (Å²) in [6, 6.07) is 2.64. The predicted molar refractivity (Wildman–Crippen MR) is 65.8 cm³/mol. The molecule has 96 valence electrons. The third-order valence-electron chi connectivity index (χ3n) is 2.83. The highest BCUT2D eigenvalue weighted by atomic mass is 16.4. The van der Waals surface area contributed by atoms with Crippen LogP contribution in [0.3, 0.4) is 0 Å². The number of phenolic OH excluding ortho intramolecular Hbond substituents is 2. The average molecular weight is 261 g/mol. The fraction of sp³-hybridized carbons (Fsp3) is 0.0833. The minimum atomic E-state index is -0.692. The van der Waals surface area contributed by atoms with Crippen LogP contribution in [0.2, 0.25) is 0 Å². The molecule has 0 aliphatic rings. The number of phenols is 2. The lowest BCUT2D eigenvalue weighted by molar-refractivity contribution is 0.403. The SMILES string of the molecule is Cc1cc2oc3c(O)c(O)c(N=O)cc3c2c(=O)o1. The van der Waals surface area contributed by atoms with Crippen molar-refractivity contribution in [3.05, 3.63) is 33.2 Å². The van der Waals surface area contributed by atoms with Crippen LogP contribution >= 0.6 is 0 Å². The molecule has 2 aromatic heterocycles. The van der Waals surface area contributed by atoms with Gasteiger partial charge in [0.05, 0.1) is 0 Å². The fourth-order valence-corrected chi connectivity index (χ4v) is 2.00. The number of rotatable bonds is 1. The van der Waals surface area contributed by atoms with Crippen molar-refractivity contribution in [2.75, 3.05) is 0 Å². The summed E-state index contributed by atoms with van der Waals surface area (Å²) in [6.07, 6.45) is 0. The lowest BCUT2D eigenvalue weighted by Gasteiger charge is -1.99. The summed E-state index contributed by atoms with van der Waals surface area (Å²) in [7, 11) is 0. The molecule has 0 amide bonds. The Balaban J connectivity index is 2.63. The number of nitroso groups, excluding NO2 is 1. The second kappa shape index (κ2) is 3.58. The van der Waals surface area contributed by atoms with Crippen molar-refractivity contribution < 1.29 is 19.0 Å². The van der Waals surface area contributed by atoms with Crippen LogP contribution in [-0.2, 0) is 0 Å². The number of aromatic hydroxyl groups is 2. The van der Waals surface area contributed by atoms with Gasteiger partial charge in [0.2, 0.25) is 5.75 Å². The van der Waals surface area contributed by atoms with Gasteiger partial charge in [0.1, 0.15) is 16.7 Å². The lowest BCUT2D eigenvalue weighted by atomic mass is 10.1. The van der Waals surface area contributed by atoms with E-state index in [1.54, 1.807) is 6.92 Å². The van der Waals surface area contributed by atoms with E-state index in [9.17, 15) is 19.9 Å². The maximum Gasteiger partial charge on any atom is 0.347 e. The molecule has 7 heteroatoms. The Morgan fingerprint density at radius 2 is 1.89 bits per heavy atom. The van der Waals surface area contributed by atoms with Gasteiger partial charge in [0.15, 0.2) is 17.0 Å². The molecular formula is C12H7NO6. The molecule has 0 atom stereocenters. The molecular weight excluding hydrogens is 254 g/mol. The molecule has 0 aliphatic heterocycles. The highest BCUT2D eigenvalue weighted by Gasteiger charge is 2.21. The Hall–Kier alpha value is -2.83. The third-order valence-corrected chi connectivity index (χ3v) is 2.83. The maximum atomic E-state index is 11.8. The molecule has 0 saturated heterocycles. The van der Waals surface area contributed by atoms with Crippen molar-refractivity contribution in [1.82, 2.24) is 0 Å². The molecule has 0 aliphatic carbocycles. The first-order valence-corrected chi connectivity index (χ1v) is 5.28. The van der Waals surface area contributed by atoms with Crippen LogP contribution < -0.4 is 5.63 Å². The van der Waals surface area contributed by atoms with E-state index in [1.807, 2.05) is 0 Å². The summed E-state index contributed by atoms with van der Waals surface area (Å²) in [5, 5.41) is 22.1. The summed E-state index contributed by atoms with van der Waals surface area (Å²) < 4.78 is 10.2. The van der Waals surface area contributed by atoms with Crippen LogP contribution in [0.15, 0.2) is 30.9 Å². The normalized spacial score (nSPS) is 11.2. The fourth-order valence-electron chi connectivity index (χ4n) is 2.00. The minimum absolute atomic E-state index is 0.0841. The molecule has 0 radical (unpaired) electrons. The van der Waals surface area contributed by atoms with Gasteiger partial charge < -0.3 is 19.0 Å². The molecule has 2 N–H and O–H groups in total. The quantitative estimate of drug-likeness (QED) is 0.514. The van der Waals surface area contributed by atoms with Crippen LogP contribution in [-0.4, -0.2) is 10.2 Å². The largest absolute Gasteiger partial charge is 0.503 e. The second-order valence-electron chi connectivity index (χ2n) is 4.05. The lowest BCUT2D eigenvalue weighted by Crippen LogP contribution is -1.98. The molecule has 0 bridgehead atoms. The zero-order valence-corrected chi connectivity index (χ0v) is 9.63. The first-order chi connectivity index (χ1) is 9.02. The van der Waals surface area contributed by atoms with E-state index in [2.05, 4.69) is 5.18 Å². The number of benzene rings is 1. The molecule has 0 spiro atoms. The number of fused-ring (bicyclic) bond motifs is 3. The zero-order valence-electron chi connectivity index (χ0n) is 9.63. The number of furan rings is 1. The molecule has 7 nitrogen and oxygen atoms in total. The van der Waals surface area contributed by atoms with Gasteiger partial charge >= 0.3 is 5.63 Å². The van der Waals surface area contributed by atoms with Crippen molar-refractivity contribution in [1.29, 1.82) is 0 Å². The number of hydrogen-bond acceptors (Lipinski definition) is 7. The van der Waals surface area contributed by atoms with E-state index in [-0.39, 0.29) is 27.6 Å². The Labute approximate surface area is 104 Å². The summed E-state index contributed by atoms with van der Waals surface area (Å²) in [6.45, 7) is 1.57. The van der Waals surface area contributed by atoms with E-state index >= 15 is 0 Å². The molecule has 3 rings (SSSR count). The van der Waals surface area contributed by atoms with Gasteiger partial charge in [-0.2, -0.15) is 0 Å². The molecule has 3 aromatic rings. The van der Waals surface area contributed by atoms with Gasteiger partial charge in [-0.3, -0.25) is 0 Å². The van der Waals surface area contributed by atoms with Gasteiger partial charge in [-0.25, -0.2) is 4.79 Å². The first-order valence-electron chi connectivity index (χ1n) is 5.28. The molecule has 1 aromatic carbocycles. The predicted octanol–water partition coefficient (Wildman–Crippen LogP) is 2.66. The molecule has 19 heavy (non-hydrogen) atoms. The summed E-state index contributed by atoms with van der Waals surface area (Å²) in [5.74, 6) is -0.989. The Morgan fingerprint density at radius 1 is 1.16 bits per heavy atom. The number of nitrogens with zero attached hydrogens (tertiary/aromatic N) is 1. The van der Waals surface area contributed by atoms with Crippen molar-refractivity contribution in [3.8, 4) is 11.5 Å². The van der Waals surface area contributed by atoms with Gasteiger partial charge in [-0.15, -0.1) is 4.91 Å². The van der Waals surface area contributed by atoms with Crippen molar-refractivity contribution >= 4 is 27.6 Å². The van der Waals surface area contributed by atoms with Crippen molar-refractivity contribution in [2.24, 2.45) is 5.18 Å². The van der Waals surface area contributed by atoms with Gasteiger partial charge in [0.25, 0.3) is 0 Å². The minimum Gasteiger partial charge on any atom is -0.503 e. The zero-order chi connectivity index (χ0) is 13.7. The van der Waals surface area contributed by atoms with E-state index in [4.69, 9.17) is 8.83 Å². The van der Waals surface area contributed by atoms with E-state index in [0.29, 0.717) is 5.76 Å². The number of aryl methyl sites for hydroxylation is 1. The van der Waals surface area contributed by atoms with Crippen molar-refractivity contribution in [3.63, 3.8) is 0 Å². The van der Waals surface area contributed by atoms with Gasteiger partial charge in [-0.05, 0) is 18.2 Å². The molecule has 0 unspecified atom stereocenters. The smallest absolute Gasteiger partial charge is 0.347 e. The Kier molecular flexibility index (Phi) is 2.12. The van der Waals surface area contributed by atoms with Crippen LogP contribution in [0, 0.1) is 11.8 Å². The number of hydrogen-bond donors (Lipinski definition) is 2. The van der Waals surface area contributed by atoms with Crippen LogP contribution in [0.1, 0.15) is 5.76 Å². The molecule has 2 heterocycles. The standard InChI is InChI=1S/C12H7NO6/c1-4-2-7-8(12(16)18-4)5-3-6(13-17)9(14)10(15)11(5)19-7/h2-3,14-15H,1H3. The maximum absolute atomic E-state index is 11.8. The van der Waals surface area contributed by atoms with Crippen LogP contribution in [0.25, 0.3) is 21.9 Å². The van der Waals surface area contributed by atoms with Crippen molar-refractivity contribution in [2.45, 2.75) is 6.92 Å². The molecule has 0 saturated carbocycles. The Morgan fingerprint density at radius 3 is 2.58 bits per heavy atom. The third kappa shape index (κ3) is 1.41. The van der Waals surface area contributed by atoms with Crippen LogP contribution in [0.4, 0.5) is 5.69 Å². The topological polar surface area (TPSA) is 113 Å². The van der Waals surface area contributed by atoms with Gasteiger partial charge in [-0.1, -0.05) is 0 Å². The first kappa shape index (κ1) is 11.3.